The fraction of sp³-hybridized carbons (Fsp3) is 0.400. The lowest BCUT2D eigenvalue weighted by atomic mass is 10.4. The van der Waals surface area contributed by atoms with Gasteiger partial charge >= 0.3 is 0 Å². The highest BCUT2D eigenvalue weighted by Crippen LogP contribution is 2.15. The molecule has 0 saturated heterocycles. The van der Waals surface area contributed by atoms with Crippen molar-refractivity contribution in [2.75, 3.05) is 12.0 Å². The quantitative estimate of drug-likeness (QED) is 0.786. The Labute approximate surface area is 104 Å². The van der Waals surface area contributed by atoms with Crippen molar-refractivity contribution in [3.63, 3.8) is 0 Å². The first-order chi connectivity index (χ1) is 8.01. The molecule has 0 atom stereocenters. The summed E-state index contributed by atoms with van der Waals surface area (Å²) in [6.07, 6.45) is 2.86. The predicted octanol–water partition coefficient (Wildman–Crippen LogP) is 1.21. The summed E-state index contributed by atoms with van der Waals surface area (Å²) in [5.74, 6) is 0.933. The molecule has 0 radical (unpaired) electrons. The first kappa shape index (κ1) is 12.3. The first-order valence-electron chi connectivity index (χ1n) is 5.05. The van der Waals surface area contributed by atoms with Crippen molar-refractivity contribution in [1.82, 2.24) is 14.5 Å². The molecular weight excluding hydrogens is 262 g/mol. The van der Waals surface area contributed by atoms with E-state index in [1.165, 1.54) is 6.26 Å². The Kier molecular flexibility index (Phi) is 3.35. The zero-order chi connectivity index (χ0) is 12.5. The van der Waals surface area contributed by atoms with E-state index >= 15 is 0 Å². The van der Waals surface area contributed by atoms with Gasteiger partial charge in [0.05, 0.1) is 11.6 Å². The van der Waals surface area contributed by atoms with Crippen LogP contribution in [-0.2, 0) is 22.3 Å². The molecule has 2 rings (SSSR count). The summed E-state index contributed by atoms with van der Waals surface area (Å²) in [6, 6.07) is 3.61. The highest BCUT2D eigenvalue weighted by atomic mass is 35.5. The van der Waals surface area contributed by atoms with Gasteiger partial charge in [0.1, 0.15) is 21.2 Å². The summed E-state index contributed by atoms with van der Waals surface area (Å²) >= 11 is 5.79. The van der Waals surface area contributed by atoms with Crippen LogP contribution in [0.3, 0.4) is 0 Å². The van der Waals surface area contributed by atoms with Gasteiger partial charge in [0.2, 0.25) is 0 Å². The smallest absolute Gasteiger partial charge is 0.160 e. The third kappa shape index (κ3) is 2.76. The van der Waals surface area contributed by atoms with E-state index < -0.39 is 9.84 Å². The van der Waals surface area contributed by atoms with Crippen LogP contribution in [0.2, 0.25) is 0 Å². The summed E-state index contributed by atoms with van der Waals surface area (Å²) in [5.41, 5.74) is 1.41. The van der Waals surface area contributed by atoms with Gasteiger partial charge in [-0.25, -0.2) is 18.4 Å². The van der Waals surface area contributed by atoms with Gasteiger partial charge in [-0.2, -0.15) is 0 Å². The standard InChI is InChI=1S/C10H12ClN3O2S/c1-17(15,16)6-5-14-9(7-11)13-8-3-2-4-12-10(8)14/h2-4H,5-7H2,1H3. The molecule has 0 saturated carbocycles. The van der Waals surface area contributed by atoms with Gasteiger partial charge in [0, 0.05) is 19.0 Å². The van der Waals surface area contributed by atoms with Crippen LogP contribution >= 0.6 is 11.6 Å². The lowest BCUT2D eigenvalue weighted by Crippen LogP contribution is -2.13. The van der Waals surface area contributed by atoms with Gasteiger partial charge in [0.25, 0.3) is 0 Å². The molecule has 0 spiro atoms. The van der Waals surface area contributed by atoms with E-state index in [2.05, 4.69) is 9.97 Å². The average molecular weight is 274 g/mol. The highest BCUT2D eigenvalue weighted by Gasteiger charge is 2.12. The second-order valence-corrected chi connectivity index (χ2v) is 6.32. The Bertz CT molecular complexity index is 636. The van der Waals surface area contributed by atoms with E-state index in [1.54, 1.807) is 16.8 Å². The van der Waals surface area contributed by atoms with Gasteiger partial charge in [-0.3, -0.25) is 0 Å². The van der Waals surface area contributed by atoms with Crippen LogP contribution in [0.15, 0.2) is 18.3 Å². The van der Waals surface area contributed by atoms with E-state index in [9.17, 15) is 8.42 Å². The number of aromatic nitrogens is 3. The molecule has 92 valence electrons. The van der Waals surface area contributed by atoms with Crippen molar-refractivity contribution in [2.24, 2.45) is 0 Å². The zero-order valence-electron chi connectivity index (χ0n) is 9.30. The van der Waals surface area contributed by atoms with Crippen LogP contribution in [-0.4, -0.2) is 35.0 Å². The van der Waals surface area contributed by atoms with E-state index in [0.29, 0.717) is 18.0 Å². The minimum Gasteiger partial charge on any atom is -0.311 e. The normalized spacial score (nSPS) is 12.1. The number of rotatable bonds is 4. The topological polar surface area (TPSA) is 64.8 Å². The maximum absolute atomic E-state index is 11.2. The number of aryl methyl sites for hydroxylation is 1. The molecule has 0 aliphatic rings. The summed E-state index contributed by atoms with van der Waals surface area (Å²) in [4.78, 5) is 8.50. The molecule has 5 nitrogen and oxygen atoms in total. The molecule has 2 heterocycles. The molecule has 0 unspecified atom stereocenters. The monoisotopic (exact) mass is 273 g/mol. The Morgan fingerprint density at radius 2 is 2.24 bits per heavy atom. The number of hydrogen-bond acceptors (Lipinski definition) is 4. The first-order valence-corrected chi connectivity index (χ1v) is 7.64. The van der Waals surface area contributed by atoms with Crippen LogP contribution in [0.5, 0.6) is 0 Å². The molecule has 0 fully saturated rings. The van der Waals surface area contributed by atoms with Crippen molar-refractivity contribution in [3.8, 4) is 0 Å². The number of nitrogens with zero attached hydrogens (tertiary/aromatic N) is 3. The van der Waals surface area contributed by atoms with Crippen molar-refractivity contribution in [3.05, 3.63) is 24.2 Å². The molecule has 0 aliphatic heterocycles. The molecule has 0 bridgehead atoms. The van der Waals surface area contributed by atoms with Crippen LogP contribution in [0.25, 0.3) is 11.2 Å². The molecule has 7 heteroatoms. The summed E-state index contributed by atoms with van der Waals surface area (Å²) in [7, 11) is -3.01. The van der Waals surface area contributed by atoms with E-state index in [4.69, 9.17) is 11.6 Å². The van der Waals surface area contributed by atoms with Gasteiger partial charge in [-0.05, 0) is 12.1 Å². The third-order valence-electron chi connectivity index (χ3n) is 2.39. The van der Waals surface area contributed by atoms with Crippen molar-refractivity contribution >= 4 is 32.6 Å². The Hall–Kier alpha value is -1.14. The Morgan fingerprint density at radius 1 is 1.47 bits per heavy atom. The predicted molar refractivity (Wildman–Crippen MR) is 66.8 cm³/mol. The largest absolute Gasteiger partial charge is 0.311 e. The van der Waals surface area contributed by atoms with Gasteiger partial charge in [-0.1, -0.05) is 0 Å². The molecule has 17 heavy (non-hydrogen) atoms. The fourth-order valence-corrected chi connectivity index (χ4v) is 2.32. The molecule has 0 N–H and O–H groups in total. The molecule has 2 aromatic heterocycles. The fourth-order valence-electron chi connectivity index (χ4n) is 1.60. The summed E-state index contributed by atoms with van der Waals surface area (Å²) in [5, 5.41) is 0. The molecule has 2 aromatic rings. The lowest BCUT2D eigenvalue weighted by molar-refractivity contribution is 0.594. The number of alkyl halides is 1. The Balaban J connectivity index is 2.43. The van der Waals surface area contributed by atoms with Crippen LogP contribution < -0.4 is 0 Å². The number of pyridine rings is 1. The van der Waals surface area contributed by atoms with Crippen molar-refractivity contribution < 1.29 is 8.42 Å². The Morgan fingerprint density at radius 3 is 2.88 bits per heavy atom. The minimum atomic E-state index is -3.01. The third-order valence-corrected chi connectivity index (χ3v) is 3.55. The van der Waals surface area contributed by atoms with Gasteiger partial charge < -0.3 is 4.57 Å². The van der Waals surface area contributed by atoms with Crippen LogP contribution in [0.1, 0.15) is 5.82 Å². The minimum absolute atomic E-state index is 0.0545. The maximum atomic E-state index is 11.2. The maximum Gasteiger partial charge on any atom is 0.160 e. The van der Waals surface area contributed by atoms with E-state index in [-0.39, 0.29) is 11.6 Å². The van der Waals surface area contributed by atoms with E-state index in [1.807, 2.05) is 6.07 Å². The lowest BCUT2D eigenvalue weighted by Gasteiger charge is -2.05. The molecule has 0 amide bonds. The van der Waals surface area contributed by atoms with Crippen molar-refractivity contribution in [2.45, 2.75) is 12.4 Å². The summed E-state index contributed by atoms with van der Waals surface area (Å²) < 4.78 is 24.1. The second kappa shape index (κ2) is 4.62. The zero-order valence-corrected chi connectivity index (χ0v) is 10.9. The molecule has 0 aliphatic carbocycles. The highest BCUT2D eigenvalue weighted by molar-refractivity contribution is 7.90. The number of fused-ring (bicyclic) bond motifs is 1. The van der Waals surface area contributed by atoms with Gasteiger partial charge in [-0.15, -0.1) is 11.6 Å². The SMILES string of the molecule is CS(=O)(=O)CCn1c(CCl)nc2cccnc21. The number of halogens is 1. The van der Waals surface area contributed by atoms with E-state index in [0.717, 1.165) is 5.52 Å². The van der Waals surface area contributed by atoms with Crippen molar-refractivity contribution in [1.29, 1.82) is 0 Å². The number of hydrogen-bond donors (Lipinski definition) is 0. The molecule has 0 aromatic carbocycles. The second-order valence-electron chi connectivity index (χ2n) is 3.79. The summed E-state index contributed by atoms with van der Waals surface area (Å²) in [6.45, 7) is 0.328. The van der Waals surface area contributed by atoms with Crippen LogP contribution in [0.4, 0.5) is 0 Å². The molecular formula is C10H12ClN3O2S. The average Bonchev–Trinajstić information content (AvgIpc) is 2.63. The number of imidazole rings is 1. The van der Waals surface area contributed by atoms with Crippen LogP contribution in [0, 0.1) is 0 Å². The number of sulfone groups is 1. The van der Waals surface area contributed by atoms with Gasteiger partial charge in [0.15, 0.2) is 5.65 Å².